The lowest BCUT2D eigenvalue weighted by Crippen LogP contribution is -2.04. The molecule has 0 radical (unpaired) electrons. The van der Waals surface area contributed by atoms with Crippen LogP contribution in [0.25, 0.3) is 115 Å². The molecule has 0 amide bonds. The largest absolute Gasteiger partial charge is 0.308 e. The van der Waals surface area contributed by atoms with Gasteiger partial charge in [0.1, 0.15) is 0 Å². The molecular formula is C55H34N4S. The number of nitrogens with zero attached hydrogens (tertiary/aromatic N) is 4. The van der Waals surface area contributed by atoms with Gasteiger partial charge in [0.15, 0.2) is 17.5 Å². The Bertz CT molecular complexity index is 3530. The van der Waals surface area contributed by atoms with E-state index in [0.29, 0.717) is 17.5 Å². The van der Waals surface area contributed by atoms with Crippen LogP contribution in [-0.4, -0.2) is 19.5 Å². The lowest BCUT2D eigenvalue weighted by molar-refractivity contribution is 1.06. The second-order valence-electron chi connectivity index (χ2n) is 15.2. The van der Waals surface area contributed by atoms with Crippen LogP contribution < -0.4 is 0 Å². The summed E-state index contributed by atoms with van der Waals surface area (Å²) in [6.07, 6.45) is 0. The van der Waals surface area contributed by atoms with Crippen molar-refractivity contribution in [2.75, 3.05) is 0 Å². The molecule has 0 spiro atoms. The average Bonchev–Trinajstić information content (AvgIpc) is 3.86. The minimum Gasteiger partial charge on any atom is -0.308 e. The minimum absolute atomic E-state index is 0.612. The van der Waals surface area contributed by atoms with Crippen LogP contribution in [0.2, 0.25) is 0 Å². The normalized spacial score (nSPS) is 11.7. The SMILES string of the molecule is c1ccc(-c2ccc(-c3nc(-c4ccccc4)nc(-c4ccc(-c5c6ccccc6cc6c5sc5ccccc56)cc4)n3)c(-n3c4ccccc4c4ccccc43)c2)cc1. The summed E-state index contributed by atoms with van der Waals surface area (Å²) in [6, 6.07) is 73.2. The van der Waals surface area contributed by atoms with Crippen molar-refractivity contribution >= 4 is 64.1 Å². The Kier molecular flexibility index (Phi) is 8.00. The van der Waals surface area contributed by atoms with Crippen LogP contribution in [0.3, 0.4) is 0 Å². The van der Waals surface area contributed by atoms with Crippen LogP contribution in [0.1, 0.15) is 0 Å². The maximum Gasteiger partial charge on any atom is 0.166 e. The average molecular weight is 783 g/mol. The van der Waals surface area contributed by atoms with Crippen LogP contribution >= 0.6 is 11.3 Å². The number of para-hydroxylation sites is 2. The first kappa shape index (κ1) is 34.3. The minimum atomic E-state index is 0.612. The van der Waals surface area contributed by atoms with E-state index in [-0.39, 0.29) is 0 Å². The first-order chi connectivity index (χ1) is 29.7. The molecule has 5 heteroatoms. The number of aromatic nitrogens is 4. The first-order valence-corrected chi connectivity index (χ1v) is 21.0. The number of hydrogen-bond acceptors (Lipinski definition) is 4. The van der Waals surface area contributed by atoms with E-state index in [1.54, 1.807) is 0 Å². The molecule has 3 aromatic heterocycles. The van der Waals surface area contributed by atoms with Crippen LogP contribution in [0.4, 0.5) is 0 Å². The Labute approximate surface area is 350 Å². The van der Waals surface area contributed by atoms with Gasteiger partial charge in [0.05, 0.1) is 16.7 Å². The molecule has 0 unspecified atom stereocenters. The van der Waals surface area contributed by atoms with E-state index in [1.165, 1.54) is 47.3 Å². The summed E-state index contributed by atoms with van der Waals surface area (Å²) in [5.74, 6) is 1.86. The Hall–Kier alpha value is -7.73. The summed E-state index contributed by atoms with van der Waals surface area (Å²) in [4.78, 5) is 15.7. The molecule has 0 bridgehead atoms. The van der Waals surface area contributed by atoms with Crippen molar-refractivity contribution in [3.8, 4) is 62.1 Å². The Balaban J connectivity index is 1.07. The van der Waals surface area contributed by atoms with E-state index in [4.69, 9.17) is 15.0 Å². The van der Waals surface area contributed by atoms with Gasteiger partial charge < -0.3 is 4.57 Å². The molecule has 280 valence electrons. The maximum absolute atomic E-state index is 5.33. The van der Waals surface area contributed by atoms with E-state index in [0.717, 1.165) is 50.1 Å². The number of rotatable bonds is 6. The van der Waals surface area contributed by atoms with Gasteiger partial charge in [0.25, 0.3) is 0 Å². The third kappa shape index (κ3) is 5.63. The maximum atomic E-state index is 5.33. The zero-order chi connectivity index (χ0) is 39.6. The fourth-order valence-corrected chi connectivity index (χ4v) is 10.1. The third-order valence-corrected chi connectivity index (χ3v) is 12.9. The van der Waals surface area contributed by atoms with Crippen molar-refractivity contribution in [1.29, 1.82) is 0 Å². The highest BCUT2D eigenvalue weighted by Crippen LogP contribution is 2.45. The third-order valence-electron chi connectivity index (χ3n) is 11.7. The fraction of sp³-hybridized carbons (Fsp3) is 0. The quantitative estimate of drug-likeness (QED) is 0.169. The molecule has 0 aliphatic heterocycles. The van der Waals surface area contributed by atoms with Crippen LogP contribution in [0.15, 0.2) is 206 Å². The van der Waals surface area contributed by atoms with Crippen molar-refractivity contribution in [1.82, 2.24) is 19.5 Å². The predicted molar refractivity (Wildman–Crippen MR) is 252 cm³/mol. The second kappa shape index (κ2) is 14.0. The topological polar surface area (TPSA) is 43.6 Å². The molecule has 3 heterocycles. The Morgan fingerprint density at radius 3 is 1.57 bits per heavy atom. The lowest BCUT2D eigenvalue weighted by atomic mass is 9.95. The van der Waals surface area contributed by atoms with Crippen molar-refractivity contribution in [2.45, 2.75) is 0 Å². The summed E-state index contributed by atoms with van der Waals surface area (Å²) < 4.78 is 4.96. The van der Waals surface area contributed by atoms with Crippen molar-refractivity contribution in [2.24, 2.45) is 0 Å². The highest BCUT2D eigenvalue weighted by atomic mass is 32.1. The standard InChI is InChI=1S/C55H34N4S/c1-3-15-35(16-4-1)39-31-32-45(49(34-39)59-47-24-12-9-21-42(47)43-22-10-13-25-48(43)59)55-57-53(37-17-5-2-6-18-37)56-54(58-55)38-29-27-36(28-30-38)51-41-20-8-7-19-40(41)33-46-44-23-11-14-26-50(44)60-52(46)51/h1-34H. The molecule has 0 atom stereocenters. The molecule has 4 nitrogen and oxygen atoms in total. The van der Waals surface area contributed by atoms with E-state index < -0.39 is 0 Å². The number of hydrogen-bond donors (Lipinski definition) is 0. The molecule has 9 aromatic carbocycles. The van der Waals surface area contributed by atoms with Gasteiger partial charge >= 0.3 is 0 Å². The fourth-order valence-electron chi connectivity index (χ4n) is 8.84. The second-order valence-corrected chi connectivity index (χ2v) is 16.2. The number of thiophene rings is 1. The van der Waals surface area contributed by atoms with Gasteiger partial charge in [-0.1, -0.05) is 170 Å². The van der Waals surface area contributed by atoms with E-state index in [9.17, 15) is 0 Å². The lowest BCUT2D eigenvalue weighted by Gasteiger charge is -2.16. The summed E-state index contributed by atoms with van der Waals surface area (Å²) in [5.41, 5.74) is 10.7. The van der Waals surface area contributed by atoms with Gasteiger partial charge in [0.2, 0.25) is 0 Å². The molecule has 0 saturated heterocycles. The zero-order valence-electron chi connectivity index (χ0n) is 32.3. The molecule has 0 aliphatic rings. The van der Waals surface area contributed by atoms with Gasteiger partial charge in [-0.05, 0) is 63.9 Å². The Morgan fingerprint density at radius 2 is 0.867 bits per heavy atom. The highest BCUT2D eigenvalue weighted by molar-refractivity contribution is 7.26. The first-order valence-electron chi connectivity index (χ1n) is 20.2. The summed E-state index contributed by atoms with van der Waals surface area (Å²) >= 11 is 1.86. The summed E-state index contributed by atoms with van der Waals surface area (Å²) in [7, 11) is 0. The van der Waals surface area contributed by atoms with Gasteiger partial charge in [-0.25, -0.2) is 15.0 Å². The van der Waals surface area contributed by atoms with E-state index >= 15 is 0 Å². The van der Waals surface area contributed by atoms with Gasteiger partial charge in [-0.2, -0.15) is 0 Å². The Morgan fingerprint density at radius 1 is 0.350 bits per heavy atom. The van der Waals surface area contributed by atoms with E-state index in [2.05, 4.69) is 193 Å². The molecule has 0 saturated carbocycles. The molecule has 0 aliphatic carbocycles. The monoisotopic (exact) mass is 782 g/mol. The zero-order valence-corrected chi connectivity index (χ0v) is 33.1. The molecule has 60 heavy (non-hydrogen) atoms. The smallest absolute Gasteiger partial charge is 0.166 e. The van der Waals surface area contributed by atoms with Crippen molar-refractivity contribution in [3.63, 3.8) is 0 Å². The van der Waals surface area contributed by atoms with Gasteiger partial charge in [0, 0.05) is 53.2 Å². The predicted octanol–water partition coefficient (Wildman–Crippen LogP) is 14.8. The number of fused-ring (bicyclic) bond motifs is 7. The number of benzene rings is 9. The van der Waals surface area contributed by atoms with Gasteiger partial charge in [-0.15, -0.1) is 11.3 Å². The van der Waals surface area contributed by atoms with Crippen LogP contribution in [-0.2, 0) is 0 Å². The van der Waals surface area contributed by atoms with Crippen molar-refractivity contribution in [3.05, 3.63) is 206 Å². The molecule has 12 rings (SSSR count). The van der Waals surface area contributed by atoms with Crippen molar-refractivity contribution < 1.29 is 0 Å². The molecular weight excluding hydrogens is 749 g/mol. The van der Waals surface area contributed by atoms with E-state index in [1.807, 2.05) is 29.5 Å². The molecule has 0 N–H and O–H groups in total. The summed E-state index contributed by atoms with van der Waals surface area (Å²) in [6.45, 7) is 0. The summed E-state index contributed by atoms with van der Waals surface area (Å²) in [5, 5.41) is 7.47. The van der Waals surface area contributed by atoms with Gasteiger partial charge in [-0.3, -0.25) is 0 Å². The highest BCUT2D eigenvalue weighted by Gasteiger charge is 2.21. The molecule has 0 fully saturated rings. The van der Waals surface area contributed by atoms with Crippen LogP contribution in [0.5, 0.6) is 0 Å². The molecule has 12 aromatic rings. The van der Waals surface area contributed by atoms with Crippen LogP contribution in [0, 0.1) is 0 Å².